The highest BCUT2D eigenvalue weighted by molar-refractivity contribution is 7.47. The molecule has 23 heteroatoms. The molecule has 0 radical (unpaired) electrons. The van der Waals surface area contributed by atoms with E-state index in [0.29, 0.717) is 19.6 Å². The zero-order valence-electron chi connectivity index (χ0n) is 31.6. The van der Waals surface area contributed by atoms with Crippen molar-refractivity contribution in [1.29, 1.82) is 0 Å². The number of unbranched alkanes of at least 4 members (excludes halogenated alkanes) is 10. The van der Waals surface area contributed by atoms with Crippen molar-refractivity contribution in [3.05, 3.63) is 35.9 Å². The molecule has 1 saturated carbocycles. The van der Waals surface area contributed by atoms with Gasteiger partial charge in [-0.15, -0.1) is 0 Å². The zero-order chi connectivity index (χ0) is 41.6. The Morgan fingerprint density at radius 2 is 1.18 bits per heavy atom. The van der Waals surface area contributed by atoms with Gasteiger partial charge in [0.25, 0.3) is 0 Å². The van der Waals surface area contributed by atoms with Gasteiger partial charge in [0.2, 0.25) is 0 Å². The molecule has 2 rings (SSSR count). The first kappa shape index (κ1) is 50.8. The van der Waals surface area contributed by atoms with Crippen LogP contribution in [0.1, 0.15) is 89.5 Å². The van der Waals surface area contributed by atoms with Crippen LogP contribution in [0.25, 0.3) is 0 Å². The van der Waals surface area contributed by atoms with Crippen LogP contribution in [0.3, 0.4) is 0 Å². The smallest absolute Gasteiger partial charge is 0.445 e. The predicted octanol–water partition coefficient (Wildman–Crippen LogP) is 3.57. The van der Waals surface area contributed by atoms with Crippen LogP contribution in [0.2, 0.25) is 0 Å². The molecule has 1 aliphatic carbocycles. The molecule has 8 atom stereocenters. The van der Waals surface area contributed by atoms with E-state index in [9.17, 15) is 58.3 Å². The number of phosphoric ester groups is 3. The number of nitrogens with one attached hydrogen (secondary N) is 1. The van der Waals surface area contributed by atoms with Gasteiger partial charge in [-0.3, -0.25) is 18.1 Å². The highest BCUT2D eigenvalue weighted by atomic mass is 31.2. The number of phosphoric acid groups is 3. The molecule has 3 unspecified atom stereocenters. The van der Waals surface area contributed by atoms with Gasteiger partial charge < -0.3 is 59.3 Å². The average Bonchev–Trinajstić information content (AvgIpc) is 3.13. The van der Waals surface area contributed by atoms with Crippen LogP contribution in [0.5, 0.6) is 0 Å². The number of aliphatic hydroxyl groups is 3. The summed E-state index contributed by atoms with van der Waals surface area (Å²) in [5.74, 6) is 0. The molecule has 1 aromatic carbocycles. The van der Waals surface area contributed by atoms with Gasteiger partial charge in [0.15, 0.2) is 0 Å². The fourth-order valence-corrected chi connectivity index (χ4v) is 7.82. The maximum Gasteiger partial charge on any atom is 0.472 e. The van der Waals surface area contributed by atoms with Crippen LogP contribution in [0.4, 0.5) is 4.79 Å². The van der Waals surface area contributed by atoms with Gasteiger partial charge in [-0.2, -0.15) is 0 Å². The van der Waals surface area contributed by atoms with Crippen LogP contribution in [0.15, 0.2) is 30.3 Å². The lowest BCUT2D eigenvalue weighted by Crippen LogP contribution is -2.65. The Morgan fingerprint density at radius 3 is 1.73 bits per heavy atom. The fraction of sp³-hybridized carbons (Fsp3) is 0.788. The Morgan fingerprint density at radius 1 is 0.679 bits per heavy atom. The minimum atomic E-state index is -5.49. The topological polar surface area (TPSA) is 307 Å². The molecule has 0 saturated heterocycles. The van der Waals surface area contributed by atoms with Crippen molar-refractivity contribution in [3.63, 3.8) is 0 Å². The summed E-state index contributed by atoms with van der Waals surface area (Å²) >= 11 is 0. The summed E-state index contributed by atoms with van der Waals surface area (Å²) in [6, 6.07) is 9.38. The Kier molecular flexibility index (Phi) is 24.2. The monoisotopic (exact) mass is 867 g/mol. The van der Waals surface area contributed by atoms with Crippen LogP contribution < -0.4 is 5.32 Å². The first-order valence-corrected chi connectivity index (χ1v) is 23.3. The molecule has 1 aliphatic rings. The maximum atomic E-state index is 13.0. The SMILES string of the molecule is CCCCCCCCO[C@H](COCCCCCCCCNC(=O)OCc1ccccc1)COP(=O)(O)OC1[C@H](O)[C@H](OP(=O)(O)O)C(O)[C@H](OP(=O)(O)O)[C@H]1O. The summed E-state index contributed by atoms with van der Waals surface area (Å²) in [6.45, 7) is 2.83. The predicted molar refractivity (Wildman–Crippen MR) is 199 cm³/mol. The first-order chi connectivity index (χ1) is 26.4. The number of rotatable bonds is 30. The van der Waals surface area contributed by atoms with Gasteiger partial charge in [-0.25, -0.2) is 18.5 Å². The minimum Gasteiger partial charge on any atom is -0.445 e. The van der Waals surface area contributed by atoms with Crippen molar-refractivity contribution in [2.24, 2.45) is 0 Å². The summed E-state index contributed by atoms with van der Waals surface area (Å²) in [5, 5.41) is 34.4. The van der Waals surface area contributed by atoms with Gasteiger partial charge >= 0.3 is 29.6 Å². The van der Waals surface area contributed by atoms with Crippen molar-refractivity contribution < 1.29 is 90.6 Å². The first-order valence-electron chi connectivity index (χ1n) is 18.7. The molecule has 56 heavy (non-hydrogen) atoms. The number of carbonyl (C=O) groups is 1. The normalized spacial score (nSPS) is 23.4. The molecule has 1 fully saturated rings. The van der Waals surface area contributed by atoms with Gasteiger partial charge in [0.05, 0.1) is 13.2 Å². The Balaban J connectivity index is 1.83. The molecule has 0 spiro atoms. The van der Waals surface area contributed by atoms with E-state index >= 15 is 0 Å². The minimum absolute atomic E-state index is 0.0425. The lowest BCUT2D eigenvalue weighted by atomic mass is 9.85. The van der Waals surface area contributed by atoms with Crippen LogP contribution in [0, 0.1) is 0 Å². The third kappa shape index (κ3) is 22.1. The molecule has 9 N–H and O–H groups in total. The Bertz CT molecular complexity index is 1330. The van der Waals surface area contributed by atoms with Crippen molar-refractivity contribution in [2.75, 3.05) is 33.0 Å². The summed E-state index contributed by atoms with van der Waals surface area (Å²) in [6.07, 6.45) is -4.74. The quantitative estimate of drug-likeness (QED) is 0.0394. The standard InChI is InChI=1S/C33H60NO19P3/c1-2-3-4-5-10-16-21-48-26(23-47-20-15-9-7-6-8-14-19-34-33(38)49-22-25-17-12-11-13-18-25)24-50-56(45,46)53-32-28(36)30(51-54(39,40)41)27(35)31(29(32)37)52-55(42,43)44/h11-13,17-18,26-32,35-37H,2-10,14-16,19-24H2,1H3,(H,34,38)(H,45,46)(H2,39,40,41)(H2,42,43,44)/t26-,27?,28-,29-,30-,31+,32?/m1/s1. The highest BCUT2D eigenvalue weighted by Gasteiger charge is 2.56. The molecule has 326 valence electrons. The number of aliphatic hydroxyl groups excluding tert-OH is 3. The zero-order valence-corrected chi connectivity index (χ0v) is 34.2. The Labute approximate surface area is 327 Å². The van der Waals surface area contributed by atoms with Crippen molar-refractivity contribution >= 4 is 29.6 Å². The van der Waals surface area contributed by atoms with Gasteiger partial charge in [-0.1, -0.05) is 95.0 Å². The second kappa shape index (κ2) is 26.7. The van der Waals surface area contributed by atoms with Crippen LogP contribution >= 0.6 is 23.5 Å². The lowest BCUT2D eigenvalue weighted by molar-refractivity contribution is -0.213. The van der Waals surface area contributed by atoms with Crippen LogP contribution in [-0.4, -0.2) is 122 Å². The summed E-state index contributed by atoms with van der Waals surface area (Å²) in [7, 11) is -16.3. The number of alkyl carbamates (subject to hydrolysis) is 1. The molecule has 0 aromatic heterocycles. The van der Waals surface area contributed by atoms with E-state index in [2.05, 4.69) is 21.3 Å². The van der Waals surface area contributed by atoms with E-state index < -0.39 is 78.9 Å². The third-order valence-corrected chi connectivity index (χ3v) is 10.6. The van der Waals surface area contributed by atoms with E-state index in [-0.39, 0.29) is 19.8 Å². The van der Waals surface area contributed by atoms with E-state index in [0.717, 1.165) is 76.2 Å². The number of hydrogen-bond acceptors (Lipinski definition) is 14. The molecule has 1 amide bonds. The van der Waals surface area contributed by atoms with E-state index in [1.807, 2.05) is 30.3 Å². The molecule has 0 bridgehead atoms. The van der Waals surface area contributed by atoms with E-state index in [1.165, 1.54) is 0 Å². The van der Waals surface area contributed by atoms with Crippen molar-refractivity contribution in [1.82, 2.24) is 5.32 Å². The van der Waals surface area contributed by atoms with Gasteiger partial charge in [0.1, 0.15) is 49.3 Å². The third-order valence-electron chi connectivity index (χ3n) is 8.57. The number of benzene rings is 1. The molecule has 1 aromatic rings. The molecule has 0 aliphatic heterocycles. The van der Waals surface area contributed by atoms with Crippen LogP contribution in [-0.2, 0) is 52.6 Å². The molecular formula is C33H60NO19P3. The molecule has 0 heterocycles. The molecule has 20 nitrogen and oxygen atoms in total. The average molecular weight is 868 g/mol. The van der Waals surface area contributed by atoms with Crippen molar-refractivity contribution in [2.45, 2.75) is 133 Å². The second-order valence-corrected chi connectivity index (χ2v) is 17.2. The number of ether oxygens (including phenoxy) is 3. The maximum absolute atomic E-state index is 13.0. The number of amides is 1. The van der Waals surface area contributed by atoms with E-state index in [1.54, 1.807) is 0 Å². The largest absolute Gasteiger partial charge is 0.472 e. The summed E-state index contributed by atoms with van der Waals surface area (Å²) in [4.78, 5) is 59.2. The highest BCUT2D eigenvalue weighted by Crippen LogP contribution is 2.51. The summed E-state index contributed by atoms with van der Waals surface area (Å²) in [5.41, 5.74) is 0.907. The molecular weight excluding hydrogens is 807 g/mol. The lowest BCUT2D eigenvalue weighted by Gasteiger charge is -2.44. The van der Waals surface area contributed by atoms with Gasteiger partial charge in [-0.05, 0) is 24.8 Å². The fourth-order valence-electron chi connectivity index (χ4n) is 5.71. The van der Waals surface area contributed by atoms with Gasteiger partial charge in [0, 0.05) is 19.8 Å². The van der Waals surface area contributed by atoms with E-state index in [4.69, 9.17) is 23.3 Å². The number of carbonyl (C=O) groups excluding carboxylic acids is 1. The Hall–Kier alpha value is -1.38. The van der Waals surface area contributed by atoms with Crippen molar-refractivity contribution in [3.8, 4) is 0 Å². The second-order valence-electron chi connectivity index (χ2n) is 13.4. The number of hydrogen-bond donors (Lipinski definition) is 9. The summed E-state index contributed by atoms with van der Waals surface area (Å²) < 4.78 is 71.3.